The van der Waals surface area contributed by atoms with Crippen LogP contribution in [0, 0.1) is 0 Å². The van der Waals surface area contributed by atoms with Crippen molar-refractivity contribution in [3.8, 4) is 0 Å². The van der Waals surface area contributed by atoms with Gasteiger partial charge in [-0.25, -0.2) is 4.79 Å². The van der Waals surface area contributed by atoms with Gasteiger partial charge in [-0.1, -0.05) is 13.0 Å². The minimum Gasteiger partial charge on any atom is -0.461 e. The van der Waals surface area contributed by atoms with Gasteiger partial charge in [0.2, 0.25) is 0 Å². The van der Waals surface area contributed by atoms with Crippen molar-refractivity contribution in [2.24, 2.45) is 7.05 Å². The van der Waals surface area contributed by atoms with Crippen LogP contribution in [0.2, 0.25) is 0 Å². The monoisotopic (exact) mass is 264 g/mol. The Morgan fingerprint density at radius 3 is 2.68 bits per heavy atom. The minimum absolute atomic E-state index is 0.164. The van der Waals surface area contributed by atoms with Gasteiger partial charge < -0.3 is 14.6 Å². The number of aryl methyl sites for hydroxylation is 1. The highest BCUT2D eigenvalue weighted by molar-refractivity contribution is 6.03. The summed E-state index contributed by atoms with van der Waals surface area (Å²) >= 11 is 0. The first kappa shape index (κ1) is 15.0. The third-order valence-electron chi connectivity index (χ3n) is 2.62. The molecule has 0 fully saturated rings. The number of ether oxygens (including phenoxy) is 1. The number of anilines is 1. The number of allylic oxidation sites excluding steroid dienone is 1. The molecule has 0 bridgehead atoms. The zero-order chi connectivity index (χ0) is 14.4. The summed E-state index contributed by atoms with van der Waals surface area (Å²) in [6.45, 7) is 5.80. The lowest BCUT2D eigenvalue weighted by Gasteiger charge is -2.01. The summed E-state index contributed by atoms with van der Waals surface area (Å²) in [7, 11) is 1.73. The van der Waals surface area contributed by atoms with Crippen LogP contribution < -0.4 is 5.32 Å². The third-order valence-corrected chi connectivity index (χ3v) is 2.62. The van der Waals surface area contributed by atoms with Crippen LogP contribution in [0.4, 0.5) is 5.69 Å². The predicted octanol–water partition coefficient (Wildman–Crippen LogP) is 2.50. The van der Waals surface area contributed by atoms with E-state index in [1.54, 1.807) is 37.7 Å². The van der Waals surface area contributed by atoms with Gasteiger partial charge in [0.15, 0.2) is 0 Å². The Kier molecular flexibility index (Phi) is 5.36. The standard InChI is InChI=1S/C14H20N2O3/c1-5-7-10(3)13(17)15-11-8-12(16(4)9-11)14(18)19-6-2/h7-9H,5-6H2,1-4H3,(H,15,17). The number of aromatic nitrogens is 1. The van der Waals surface area contributed by atoms with Crippen LogP contribution in [0.5, 0.6) is 0 Å². The fraction of sp³-hybridized carbons (Fsp3) is 0.429. The van der Waals surface area contributed by atoms with E-state index in [0.29, 0.717) is 23.6 Å². The molecule has 0 unspecified atom stereocenters. The van der Waals surface area contributed by atoms with E-state index in [0.717, 1.165) is 6.42 Å². The Bertz CT molecular complexity index is 501. The Morgan fingerprint density at radius 1 is 1.42 bits per heavy atom. The summed E-state index contributed by atoms with van der Waals surface area (Å²) in [5.74, 6) is -0.561. The molecule has 1 aromatic rings. The normalized spacial score (nSPS) is 11.3. The van der Waals surface area contributed by atoms with Crippen molar-refractivity contribution in [2.45, 2.75) is 27.2 Å². The highest BCUT2D eigenvalue weighted by Gasteiger charge is 2.14. The van der Waals surface area contributed by atoms with Crippen molar-refractivity contribution in [1.29, 1.82) is 0 Å². The van der Waals surface area contributed by atoms with E-state index in [-0.39, 0.29) is 5.91 Å². The lowest BCUT2D eigenvalue weighted by atomic mass is 10.2. The van der Waals surface area contributed by atoms with Crippen molar-refractivity contribution < 1.29 is 14.3 Å². The van der Waals surface area contributed by atoms with Gasteiger partial charge in [0.05, 0.1) is 12.3 Å². The maximum Gasteiger partial charge on any atom is 0.355 e. The SMILES string of the molecule is CCC=C(C)C(=O)Nc1cc(C(=O)OCC)n(C)c1. The lowest BCUT2D eigenvalue weighted by Crippen LogP contribution is -2.12. The van der Waals surface area contributed by atoms with Gasteiger partial charge in [-0.3, -0.25) is 4.79 Å². The quantitative estimate of drug-likeness (QED) is 0.656. The molecule has 0 spiro atoms. The first-order valence-corrected chi connectivity index (χ1v) is 6.31. The number of hydrogen-bond donors (Lipinski definition) is 1. The van der Waals surface area contributed by atoms with E-state index in [4.69, 9.17) is 4.74 Å². The minimum atomic E-state index is -0.397. The molecule has 5 heteroatoms. The van der Waals surface area contributed by atoms with Crippen LogP contribution in [-0.2, 0) is 16.6 Å². The molecule has 0 saturated heterocycles. The van der Waals surface area contributed by atoms with E-state index in [1.807, 2.05) is 13.0 Å². The molecule has 1 N–H and O–H groups in total. The maximum atomic E-state index is 11.8. The van der Waals surface area contributed by atoms with Crippen LogP contribution in [0.3, 0.4) is 0 Å². The van der Waals surface area contributed by atoms with Crippen molar-refractivity contribution in [1.82, 2.24) is 4.57 Å². The molecular weight excluding hydrogens is 244 g/mol. The summed E-state index contributed by atoms with van der Waals surface area (Å²) in [6, 6.07) is 1.61. The molecule has 0 atom stereocenters. The average molecular weight is 264 g/mol. The molecule has 0 aliphatic rings. The van der Waals surface area contributed by atoms with Crippen molar-refractivity contribution in [3.05, 3.63) is 29.6 Å². The second kappa shape index (κ2) is 6.78. The molecule has 0 radical (unpaired) electrons. The number of carbonyl (C=O) groups excluding carboxylic acids is 2. The van der Waals surface area contributed by atoms with Gasteiger partial charge in [-0.15, -0.1) is 0 Å². The highest BCUT2D eigenvalue weighted by atomic mass is 16.5. The molecule has 0 aliphatic heterocycles. The number of nitrogens with one attached hydrogen (secondary N) is 1. The lowest BCUT2D eigenvalue weighted by molar-refractivity contribution is -0.112. The Balaban J connectivity index is 2.82. The zero-order valence-corrected chi connectivity index (χ0v) is 11.8. The Hall–Kier alpha value is -2.04. The molecule has 1 rings (SSSR count). The molecular formula is C14H20N2O3. The first-order chi connectivity index (χ1) is 8.99. The molecule has 0 aliphatic carbocycles. The summed E-state index contributed by atoms with van der Waals surface area (Å²) in [5.41, 5.74) is 1.65. The van der Waals surface area contributed by atoms with Gasteiger partial charge in [-0.2, -0.15) is 0 Å². The molecule has 0 saturated carbocycles. The number of hydrogen-bond acceptors (Lipinski definition) is 3. The van der Waals surface area contributed by atoms with E-state index >= 15 is 0 Å². The summed E-state index contributed by atoms with van der Waals surface area (Å²) in [6.07, 6.45) is 4.34. The smallest absolute Gasteiger partial charge is 0.355 e. The number of carbonyl (C=O) groups is 2. The average Bonchev–Trinajstić information content (AvgIpc) is 2.70. The highest BCUT2D eigenvalue weighted by Crippen LogP contribution is 2.15. The van der Waals surface area contributed by atoms with E-state index < -0.39 is 5.97 Å². The van der Waals surface area contributed by atoms with Gasteiger partial charge in [-0.05, 0) is 26.3 Å². The topological polar surface area (TPSA) is 60.3 Å². The van der Waals surface area contributed by atoms with E-state index in [9.17, 15) is 9.59 Å². The fourth-order valence-corrected chi connectivity index (χ4v) is 1.67. The van der Waals surface area contributed by atoms with Crippen LogP contribution >= 0.6 is 0 Å². The van der Waals surface area contributed by atoms with Gasteiger partial charge >= 0.3 is 5.97 Å². The summed E-state index contributed by atoms with van der Waals surface area (Å²) in [5, 5.41) is 2.75. The van der Waals surface area contributed by atoms with E-state index in [2.05, 4.69) is 5.32 Å². The Labute approximate surface area is 113 Å². The second-order valence-electron chi connectivity index (χ2n) is 4.19. The van der Waals surface area contributed by atoms with Gasteiger partial charge in [0, 0.05) is 18.8 Å². The number of nitrogens with zero attached hydrogens (tertiary/aromatic N) is 1. The maximum absolute atomic E-state index is 11.8. The van der Waals surface area contributed by atoms with Crippen LogP contribution in [0.1, 0.15) is 37.7 Å². The zero-order valence-electron chi connectivity index (χ0n) is 11.8. The molecule has 1 amide bonds. The van der Waals surface area contributed by atoms with Crippen molar-refractivity contribution >= 4 is 17.6 Å². The molecule has 19 heavy (non-hydrogen) atoms. The molecule has 5 nitrogen and oxygen atoms in total. The molecule has 1 heterocycles. The molecule has 0 aromatic carbocycles. The largest absolute Gasteiger partial charge is 0.461 e. The van der Waals surface area contributed by atoms with Gasteiger partial charge in [0.25, 0.3) is 5.91 Å². The second-order valence-corrected chi connectivity index (χ2v) is 4.19. The summed E-state index contributed by atoms with van der Waals surface area (Å²) < 4.78 is 6.56. The third kappa shape index (κ3) is 3.98. The van der Waals surface area contributed by atoms with E-state index in [1.165, 1.54) is 0 Å². The summed E-state index contributed by atoms with van der Waals surface area (Å²) in [4.78, 5) is 23.4. The Morgan fingerprint density at radius 2 is 2.11 bits per heavy atom. The number of rotatable bonds is 5. The van der Waals surface area contributed by atoms with Crippen LogP contribution in [0.25, 0.3) is 0 Å². The van der Waals surface area contributed by atoms with Crippen molar-refractivity contribution in [2.75, 3.05) is 11.9 Å². The predicted molar refractivity (Wildman–Crippen MR) is 74.0 cm³/mol. The number of amides is 1. The molecule has 1 aromatic heterocycles. The number of esters is 1. The first-order valence-electron chi connectivity index (χ1n) is 6.31. The molecule has 104 valence electrons. The van der Waals surface area contributed by atoms with Crippen LogP contribution in [-0.4, -0.2) is 23.1 Å². The van der Waals surface area contributed by atoms with Gasteiger partial charge in [0.1, 0.15) is 5.69 Å². The van der Waals surface area contributed by atoms with Crippen LogP contribution in [0.15, 0.2) is 23.9 Å². The fourth-order valence-electron chi connectivity index (χ4n) is 1.67. The van der Waals surface area contributed by atoms with Crippen molar-refractivity contribution in [3.63, 3.8) is 0 Å².